The number of aliphatic carboxylic acids is 1. The van der Waals surface area contributed by atoms with E-state index in [4.69, 9.17) is 13.3 Å². The Labute approximate surface area is 202 Å². The average Bonchev–Trinajstić information content (AvgIpc) is 2.71. The molecule has 0 aromatic heterocycles. The minimum absolute atomic E-state index is 0.0543. The Morgan fingerprint density at radius 1 is 1.09 bits per heavy atom. The predicted molar refractivity (Wildman–Crippen MR) is 133 cm³/mol. The molecule has 2 N–H and O–H groups in total. The molecule has 0 bridgehead atoms. The first-order chi connectivity index (χ1) is 15.3. The number of carboxylic acid groups (broad SMARTS) is 1. The number of hydrogen-bond donors (Lipinski definition) is 2. The molecule has 7 nitrogen and oxygen atoms in total. The van der Waals surface area contributed by atoms with Gasteiger partial charge in [0.05, 0.1) is 11.8 Å². The Bertz CT molecular complexity index is 657. The van der Waals surface area contributed by atoms with Crippen molar-refractivity contribution in [3.8, 4) is 0 Å². The lowest BCUT2D eigenvalue weighted by Gasteiger charge is -2.44. The first-order valence-corrected chi connectivity index (χ1v) is 14.4. The van der Waals surface area contributed by atoms with Gasteiger partial charge in [-0.3, -0.25) is 9.59 Å². The van der Waals surface area contributed by atoms with Crippen molar-refractivity contribution in [2.24, 2.45) is 35.0 Å². The third kappa shape index (κ3) is 7.91. The molecule has 0 saturated carbocycles. The van der Waals surface area contributed by atoms with E-state index in [0.29, 0.717) is 38.8 Å². The molecule has 8 heteroatoms. The van der Waals surface area contributed by atoms with Gasteiger partial charge in [0.25, 0.3) is 0 Å². The number of nitrogens with one attached hydrogen (secondary N) is 1. The van der Waals surface area contributed by atoms with Crippen LogP contribution in [0.25, 0.3) is 0 Å². The first kappa shape index (κ1) is 29.8. The zero-order valence-electron chi connectivity index (χ0n) is 22.2. The smallest absolute Gasteiger partial charge is 0.481 e. The van der Waals surface area contributed by atoms with Gasteiger partial charge in [0, 0.05) is 32.4 Å². The largest absolute Gasteiger partial charge is 0.500 e. The summed E-state index contributed by atoms with van der Waals surface area (Å²) < 4.78 is 17.7. The quantitative estimate of drug-likeness (QED) is 0.222. The van der Waals surface area contributed by atoms with Crippen LogP contribution in [0.5, 0.6) is 0 Å². The van der Waals surface area contributed by atoms with Crippen LogP contribution in [0.1, 0.15) is 68.7 Å². The maximum atomic E-state index is 13.4. The molecule has 192 valence electrons. The van der Waals surface area contributed by atoms with Gasteiger partial charge in [-0.05, 0) is 57.3 Å². The number of carbonyl (C=O) groups is 2. The topological polar surface area (TPSA) is 94.1 Å². The molecule has 0 heterocycles. The second-order valence-corrected chi connectivity index (χ2v) is 12.9. The van der Waals surface area contributed by atoms with Crippen molar-refractivity contribution < 1.29 is 28.0 Å². The summed E-state index contributed by atoms with van der Waals surface area (Å²) in [5, 5.41) is 13.1. The molecule has 0 radical (unpaired) electrons. The van der Waals surface area contributed by atoms with Crippen molar-refractivity contribution in [3.05, 3.63) is 11.6 Å². The fourth-order valence-corrected chi connectivity index (χ4v) is 7.38. The lowest BCUT2D eigenvalue weighted by Crippen LogP contribution is -2.50. The summed E-state index contributed by atoms with van der Waals surface area (Å²) in [5.41, 5.74) is 0.995. The van der Waals surface area contributed by atoms with Crippen molar-refractivity contribution in [2.45, 2.75) is 74.8 Å². The summed E-state index contributed by atoms with van der Waals surface area (Å²) in [7, 11) is -2.77. The predicted octanol–water partition coefficient (Wildman–Crippen LogP) is 4.75. The molecule has 0 aliphatic heterocycles. The fraction of sp³-hybridized carbons (Fsp3) is 0.840. The highest BCUT2D eigenvalue weighted by atomic mass is 28.4. The molecule has 1 aliphatic rings. The minimum atomic E-state index is -2.77. The third-order valence-corrected chi connectivity index (χ3v) is 10.2. The highest BCUT2D eigenvalue weighted by Gasteiger charge is 2.48. The zero-order valence-corrected chi connectivity index (χ0v) is 23.2. The van der Waals surface area contributed by atoms with Gasteiger partial charge in [-0.2, -0.15) is 0 Å². The standard InChI is InChI=1S/C25H47NO6Si/c1-10-30-33(31-11-2,32-12-3)15-13-14-26-23(27)22-20(19(6)25(7,8)9)16-17(4)18(5)21(22)24(28)29/h16,18-22H,10-15H2,1-9H3,(H,26,27)(H,28,29). The van der Waals surface area contributed by atoms with E-state index in [9.17, 15) is 14.7 Å². The number of allylic oxidation sites excluding steroid dienone is 2. The average molecular weight is 486 g/mol. The van der Waals surface area contributed by atoms with Crippen LogP contribution in [0.15, 0.2) is 11.6 Å². The Morgan fingerprint density at radius 2 is 1.61 bits per heavy atom. The first-order valence-electron chi connectivity index (χ1n) is 12.5. The highest BCUT2D eigenvalue weighted by molar-refractivity contribution is 6.60. The SMILES string of the molecule is CCO[Si](CCCNC(=O)C1C(C(C)C(C)(C)C)C=C(C)C(C)C1C(=O)O)(OCC)OCC. The van der Waals surface area contributed by atoms with E-state index < -0.39 is 26.6 Å². The Morgan fingerprint density at radius 3 is 2.03 bits per heavy atom. The maximum absolute atomic E-state index is 13.4. The Kier molecular flexibility index (Phi) is 11.8. The van der Waals surface area contributed by atoms with Crippen LogP contribution in [0.2, 0.25) is 6.04 Å². The van der Waals surface area contributed by atoms with Gasteiger partial charge >= 0.3 is 14.8 Å². The van der Waals surface area contributed by atoms with Gasteiger partial charge in [-0.25, -0.2) is 0 Å². The maximum Gasteiger partial charge on any atom is 0.500 e. The number of carboxylic acids is 1. The van der Waals surface area contributed by atoms with Crippen LogP contribution in [0.4, 0.5) is 0 Å². The summed E-state index contributed by atoms with van der Waals surface area (Å²) in [4.78, 5) is 25.7. The molecule has 0 aromatic rings. The van der Waals surface area contributed by atoms with Crippen LogP contribution in [-0.4, -0.2) is 52.2 Å². The molecule has 1 aliphatic carbocycles. The van der Waals surface area contributed by atoms with E-state index in [1.807, 2.05) is 34.6 Å². The summed E-state index contributed by atoms with van der Waals surface area (Å²) in [6.07, 6.45) is 2.79. The van der Waals surface area contributed by atoms with Crippen molar-refractivity contribution in [2.75, 3.05) is 26.4 Å². The van der Waals surface area contributed by atoms with Gasteiger partial charge < -0.3 is 23.7 Å². The lowest BCUT2D eigenvalue weighted by molar-refractivity contribution is -0.152. The van der Waals surface area contributed by atoms with E-state index in [-0.39, 0.29) is 29.1 Å². The van der Waals surface area contributed by atoms with E-state index in [1.54, 1.807) is 0 Å². The molecule has 0 aromatic carbocycles. The molecular formula is C25H47NO6Si. The zero-order chi connectivity index (χ0) is 25.4. The van der Waals surface area contributed by atoms with Gasteiger partial charge in [0.15, 0.2) is 0 Å². The monoisotopic (exact) mass is 485 g/mol. The van der Waals surface area contributed by atoms with Gasteiger partial charge in [0.2, 0.25) is 5.91 Å². The third-order valence-electron chi connectivity index (χ3n) is 7.10. The number of carbonyl (C=O) groups excluding carboxylic acids is 1. The van der Waals surface area contributed by atoms with Crippen LogP contribution < -0.4 is 5.32 Å². The van der Waals surface area contributed by atoms with Crippen LogP contribution in [0, 0.1) is 35.0 Å². The van der Waals surface area contributed by atoms with Crippen LogP contribution in [-0.2, 0) is 22.9 Å². The molecule has 0 spiro atoms. The van der Waals surface area contributed by atoms with E-state index in [0.717, 1.165) is 5.57 Å². The van der Waals surface area contributed by atoms with Gasteiger partial charge in [0.1, 0.15) is 0 Å². The van der Waals surface area contributed by atoms with Crippen molar-refractivity contribution in [3.63, 3.8) is 0 Å². The normalized spacial score (nSPS) is 24.8. The molecule has 33 heavy (non-hydrogen) atoms. The molecule has 5 atom stereocenters. The molecule has 5 unspecified atom stereocenters. The minimum Gasteiger partial charge on any atom is -0.481 e. The van der Waals surface area contributed by atoms with Crippen LogP contribution in [0.3, 0.4) is 0 Å². The van der Waals surface area contributed by atoms with Crippen molar-refractivity contribution in [1.82, 2.24) is 5.32 Å². The lowest BCUT2D eigenvalue weighted by atomic mass is 9.60. The summed E-state index contributed by atoms with van der Waals surface area (Å²) in [6.45, 7) is 20.2. The van der Waals surface area contributed by atoms with E-state index >= 15 is 0 Å². The fourth-order valence-electron chi connectivity index (χ4n) is 4.77. The molecule has 0 saturated heterocycles. The molecular weight excluding hydrogens is 438 g/mol. The summed E-state index contributed by atoms with van der Waals surface area (Å²) in [6, 6.07) is 0.604. The Balaban J connectivity index is 3.02. The molecule has 0 fully saturated rings. The Hall–Kier alpha value is -1.22. The molecule has 1 rings (SSSR count). The summed E-state index contributed by atoms with van der Waals surface area (Å²) >= 11 is 0. The molecule has 1 amide bonds. The van der Waals surface area contributed by atoms with Gasteiger partial charge in [-0.1, -0.05) is 46.3 Å². The highest BCUT2D eigenvalue weighted by Crippen LogP contribution is 2.46. The van der Waals surface area contributed by atoms with E-state index in [1.165, 1.54) is 0 Å². The second kappa shape index (κ2) is 13.0. The van der Waals surface area contributed by atoms with Crippen molar-refractivity contribution in [1.29, 1.82) is 0 Å². The summed E-state index contributed by atoms with van der Waals surface area (Å²) in [5.74, 6) is -2.61. The number of hydrogen-bond acceptors (Lipinski definition) is 5. The number of amides is 1. The van der Waals surface area contributed by atoms with Crippen LogP contribution >= 0.6 is 0 Å². The van der Waals surface area contributed by atoms with Gasteiger partial charge in [-0.15, -0.1) is 0 Å². The van der Waals surface area contributed by atoms with E-state index in [2.05, 4.69) is 39.1 Å². The number of rotatable bonds is 13. The second-order valence-electron chi connectivity index (χ2n) is 10.2. The van der Waals surface area contributed by atoms with Crippen molar-refractivity contribution >= 4 is 20.7 Å².